The van der Waals surface area contributed by atoms with E-state index >= 15 is 0 Å². The first-order valence-electron chi connectivity index (χ1n) is 7.10. The van der Waals surface area contributed by atoms with Crippen LogP contribution in [0.1, 0.15) is 24.8 Å². The van der Waals surface area contributed by atoms with Gasteiger partial charge in [0.05, 0.1) is 22.8 Å². The molecule has 0 bridgehead atoms. The third-order valence-corrected chi connectivity index (χ3v) is 4.18. The van der Waals surface area contributed by atoms with E-state index in [9.17, 15) is 0 Å². The lowest BCUT2D eigenvalue weighted by atomic mass is 10.2. The molecule has 1 atom stereocenters. The van der Waals surface area contributed by atoms with E-state index in [4.69, 9.17) is 32.7 Å². The quantitative estimate of drug-likeness (QED) is 0.742. The first kappa shape index (κ1) is 16.1. The molecule has 2 rings (SSSR count). The summed E-state index contributed by atoms with van der Waals surface area (Å²) in [4.78, 5) is 0. The van der Waals surface area contributed by atoms with Crippen LogP contribution in [0.4, 0.5) is 0 Å². The van der Waals surface area contributed by atoms with Gasteiger partial charge in [-0.2, -0.15) is 0 Å². The highest BCUT2D eigenvalue weighted by Crippen LogP contribution is 2.25. The molecule has 0 aromatic heterocycles. The summed E-state index contributed by atoms with van der Waals surface area (Å²) in [5.41, 5.74) is 1.03. The highest BCUT2D eigenvalue weighted by atomic mass is 35.5. The fraction of sp³-hybridized carbons (Fsp3) is 0.600. The van der Waals surface area contributed by atoms with E-state index in [1.807, 2.05) is 12.1 Å². The van der Waals surface area contributed by atoms with Gasteiger partial charge in [-0.15, -0.1) is 0 Å². The Balaban J connectivity index is 1.52. The van der Waals surface area contributed by atoms with Crippen LogP contribution in [0.15, 0.2) is 18.2 Å². The predicted octanol–water partition coefficient (Wildman–Crippen LogP) is 3.67. The molecule has 1 aromatic rings. The van der Waals surface area contributed by atoms with Crippen LogP contribution in [0.25, 0.3) is 0 Å². The third-order valence-electron chi connectivity index (χ3n) is 3.32. The van der Waals surface area contributed by atoms with Gasteiger partial charge in [0.25, 0.3) is 0 Å². The molecule has 1 saturated heterocycles. The number of halogens is 2. The smallest absolute Gasteiger partial charge is 0.0809 e. The SMILES string of the molecule is Clc1cccc(CNCCCOCC2CCCO2)c1Cl. The van der Waals surface area contributed by atoms with Crippen molar-refractivity contribution in [3.63, 3.8) is 0 Å². The molecular formula is C15H21Cl2NO2. The maximum atomic E-state index is 6.12. The third kappa shape index (κ3) is 5.23. The summed E-state index contributed by atoms with van der Waals surface area (Å²) in [6.07, 6.45) is 3.58. The summed E-state index contributed by atoms with van der Waals surface area (Å²) in [5.74, 6) is 0. The monoisotopic (exact) mass is 317 g/mol. The molecule has 1 unspecified atom stereocenters. The Labute approximate surface area is 130 Å². The van der Waals surface area contributed by atoms with Gasteiger partial charge in [0.2, 0.25) is 0 Å². The minimum Gasteiger partial charge on any atom is -0.379 e. The van der Waals surface area contributed by atoms with E-state index in [2.05, 4.69) is 5.32 Å². The number of ether oxygens (including phenoxy) is 2. The van der Waals surface area contributed by atoms with E-state index in [0.29, 0.717) is 16.1 Å². The molecule has 0 aliphatic carbocycles. The minimum atomic E-state index is 0.313. The number of benzene rings is 1. The van der Waals surface area contributed by atoms with Crippen molar-refractivity contribution in [2.45, 2.75) is 31.9 Å². The molecule has 1 heterocycles. The molecule has 20 heavy (non-hydrogen) atoms. The van der Waals surface area contributed by atoms with Crippen LogP contribution in [0.2, 0.25) is 10.0 Å². The normalized spacial score (nSPS) is 18.6. The highest BCUT2D eigenvalue weighted by Gasteiger charge is 2.14. The van der Waals surface area contributed by atoms with Crippen molar-refractivity contribution in [1.82, 2.24) is 5.32 Å². The van der Waals surface area contributed by atoms with Crippen LogP contribution < -0.4 is 5.32 Å². The van der Waals surface area contributed by atoms with Gasteiger partial charge in [-0.05, 0) is 37.4 Å². The van der Waals surface area contributed by atoms with Crippen molar-refractivity contribution >= 4 is 23.2 Å². The van der Waals surface area contributed by atoms with Crippen molar-refractivity contribution in [3.8, 4) is 0 Å². The molecule has 0 saturated carbocycles. The molecule has 0 spiro atoms. The van der Waals surface area contributed by atoms with Gasteiger partial charge in [0, 0.05) is 19.8 Å². The molecule has 0 amide bonds. The van der Waals surface area contributed by atoms with Gasteiger partial charge in [0.1, 0.15) is 0 Å². The van der Waals surface area contributed by atoms with Crippen LogP contribution in [0, 0.1) is 0 Å². The molecule has 1 aliphatic heterocycles. The average molecular weight is 318 g/mol. The van der Waals surface area contributed by atoms with Gasteiger partial charge in [-0.3, -0.25) is 0 Å². The van der Waals surface area contributed by atoms with Crippen molar-refractivity contribution in [1.29, 1.82) is 0 Å². The maximum Gasteiger partial charge on any atom is 0.0809 e. The van der Waals surface area contributed by atoms with Gasteiger partial charge >= 0.3 is 0 Å². The fourth-order valence-electron chi connectivity index (χ4n) is 2.20. The topological polar surface area (TPSA) is 30.5 Å². The number of hydrogen-bond donors (Lipinski definition) is 1. The Bertz CT molecular complexity index is 409. The van der Waals surface area contributed by atoms with E-state index in [-0.39, 0.29) is 0 Å². The minimum absolute atomic E-state index is 0.313. The van der Waals surface area contributed by atoms with Gasteiger partial charge < -0.3 is 14.8 Å². The largest absolute Gasteiger partial charge is 0.379 e. The maximum absolute atomic E-state index is 6.12. The zero-order valence-electron chi connectivity index (χ0n) is 11.5. The summed E-state index contributed by atoms with van der Waals surface area (Å²) in [6, 6.07) is 5.69. The van der Waals surface area contributed by atoms with E-state index in [1.54, 1.807) is 6.07 Å². The predicted molar refractivity (Wildman–Crippen MR) is 82.6 cm³/mol. The zero-order chi connectivity index (χ0) is 14.2. The van der Waals surface area contributed by atoms with Gasteiger partial charge in [0.15, 0.2) is 0 Å². The first-order chi connectivity index (χ1) is 9.77. The van der Waals surface area contributed by atoms with Crippen molar-refractivity contribution < 1.29 is 9.47 Å². The van der Waals surface area contributed by atoms with Gasteiger partial charge in [-0.25, -0.2) is 0 Å². The highest BCUT2D eigenvalue weighted by molar-refractivity contribution is 6.42. The summed E-state index contributed by atoms with van der Waals surface area (Å²) in [6.45, 7) is 3.99. The van der Waals surface area contributed by atoms with Crippen LogP contribution in [-0.2, 0) is 16.0 Å². The lowest BCUT2D eigenvalue weighted by Gasteiger charge is -2.10. The molecule has 1 fully saturated rings. The second-order valence-electron chi connectivity index (χ2n) is 4.95. The lowest BCUT2D eigenvalue weighted by molar-refractivity contribution is 0.0166. The molecule has 112 valence electrons. The Kier molecular flexibility index (Phi) is 7.11. The van der Waals surface area contributed by atoms with Crippen molar-refractivity contribution in [3.05, 3.63) is 33.8 Å². The van der Waals surface area contributed by atoms with Gasteiger partial charge in [-0.1, -0.05) is 35.3 Å². The number of rotatable bonds is 8. The first-order valence-corrected chi connectivity index (χ1v) is 7.86. The molecular weight excluding hydrogens is 297 g/mol. The Morgan fingerprint density at radius 3 is 3.05 bits per heavy atom. The second-order valence-corrected chi connectivity index (χ2v) is 5.74. The van der Waals surface area contributed by atoms with Crippen LogP contribution in [0.3, 0.4) is 0 Å². The molecule has 1 aromatic carbocycles. The van der Waals surface area contributed by atoms with Crippen LogP contribution in [0.5, 0.6) is 0 Å². The van der Waals surface area contributed by atoms with Crippen molar-refractivity contribution in [2.24, 2.45) is 0 Å². The summed E-state index contributed by atoms with van der Waals surface area (Å²) < 4.78 is 11.1. The Morgan fingerprint density at radius 2 is 2.25 bits per heavy atom. The van der Waals surface area contributed by atoms with E-state index < -0.39 is 0 Å². The standard InChI is InChI=1S/C15H21Cl2NO2/c16-14-6-1-4-12(15(14)17)10-18-7-3-8-19-11-13-5-2-9-20-13/h1,4,6,13,18H,2-3,5,7-11H2. The molecule has 1 aliphatic rings. The fourth-order valence-corrected chi connectivity index (χ4v) is 2.58. The number of nitrogens with one attached hydrogen (secondary N) is 1. The van der Waals surface area contributed by atoms with Crippen LogP contribution >= 0.6 is 23.2 Å². The molecule has 0 radical (unpaired) electrons. The van der Waals surface area contributed by atoms with E-state index in [1.165, 1.54) is 0 Å². The van der Waals surface area contributed by atoms with Crippen LogP contribution in [-0.4, -0.2) is 32.5 Å². The number of hydrogen-bond acceptors (Lipinski definition) is 3. The molecule has 5 heteroatoms. The zero-order valence-corrected chi connectivity index (χ0v) is 13.1. The Hall–Kier alpha value is -0.320. The van der Waals surface area contributed by atoms with Crippen molar-refractivity contribution in [2.75, 3.05) is 26.4 Å². The molecule has 3 nitrogen and oxygen atoms in total. The summed E-state index contributed by atoms with van der Waals surface area (Å²) in [5, 5.41) is 4.58. The summed E-state index contributed by atoms with van der Waals surface area (Å²) >= 11 is 12.1. The molecule has 1 N–H and O–H groups in total. The summed E-state index contributed by atoms with van der Waals surface area (Å²) in [7, 11) is 0. The average Bonchev–Trinajstić information content (AvgIpc) is 2.95. The Morgan fingerprint density at radius 1 is 1.35 bits per heavy atom. The second kappa shape index (κ2) is 8.85. The van der Waals surface area contributed by atoms with E-state index in [0.717, 1.165) is 57.7 Å². The lowest BCUT2D eigenvalue weighted by Crippen LogP contribution is -2.19.